The number of tetrazole rings is 1. The lowest BCUT2D eigenvalue weighted by molar-refractivity contribution is 0.284. The lowest BCUT2D eigenvalue weighted by atomic mass is 10.2. The van der Waals surface area contributed by atoms with Crippen molar-refractivity contribution in [1.82, 2.24) is 20.2 Å². The number of methoxy groups -OCH3 is 1. The molecule has 3 aromatic rings. The predicted molar refractivity (Wildman–Crippen MR) is 105 cm³/mol. The summed E-state index contributed by atoms with van der Waals surface area (Å²) in [5, 5.41) is 15.8. The Morgan fingerprint density at radius 3 is 2.63 bits per heavy atom. The molecular formula is C18H19Cl2N5O2. The molecule has 1 aromatic heterocycles. The number of benzene rings is 2. The highest BCUT2D eigenvalue weighted by atomic mass is 35.5. The summed E-state index contributed by atoms with van der Waals surface area (Å²) < 4.78 is 13.0. The van der Waals surface area contributed by atoms with Gasteiger partial charge < -0.3 is 14.8 Å². The van der Waals surface area contributed by atoms with E-state index in [0.717, 1.165) is 11.1 Å². The third-order valence-corrected chi connectivity index (χ3v) is 4.66. The standard InChI is InChI=1S/C18H19Cl2N5O2/c1-3-25-18(22-23-24-25)21-10-13-8-16(26-2)17(9-15(13)20)27-11-12-6-4-5-7-14(12)19/h4-9H,3,10-11H2,1-2H3,(H,21,22,24). The highest BCUT2D eigenvalue weighted by Crippen LogP contribution is 2.34. The van der Waals surface area contributed by atoms with Crippen LogP contribution in [0.4, 0.5) is 5.95 Å². The van der Waals surface area contributed by atoms with E-state index in [4.69, 9.17) is 32.7 Å². The van der Waals surface area contributed by atoms with E-state index >= 15 is 0 Å². The molecule has 3 rings (SSSR count). The molecule has 27 heavy (non-hydrogen) atoms. The van der Waals surface area contributed by atoms with Gasteiger partial charge in [-0.15, -0.1) is 0 Å². The van der Waals surface area contributed by atoms with Crippen LogP contribution in [0.1, 0.15) is 18.1 Å². The van der Waals surface area contributed by atoms with E-state index in [-0.39, 0.29) is 0 Å². The van der Waals surface area contributed by atoms with Gasteiger partial charge in [-0.1, -0.05) is 46.5 Å². The van der Waals surface area contributed by atoms with Gasteiger partial charge in [-0.05, 0) is 35.0 Å². The SMILES string of the molecule is CCn1nnnc1NCc1cc(OC)c(OCc2ccccc2Cl)cc1Cl. The molecule has 2 aromatic carbocycles. The third-order valence-electron chi connectivity index (χ3n) is 3.94. The summed E-state index contributed by atoms with van der Waals surface area (Å²) in [6.07, 6.45) is 0. The highest BCUT2D eigenvalue weighted by molar-refractivity contribution is 6.31. The number of nitrogens with zero attached hydrogens (tertiary/aromatic N) is 4. The number of rotatable bonds is 8. The zero-order valence-corrected chi connectivity index (χ0v) is 16.5. The summed E-state index contributed by atoms with van der Waals surface area (Å²) in [5.74, 6) is 1.70. The molecule has 0 aliphatic heterocycles. The van der Waals surface area contributed by atoms with Crippen LogP contribution in [0.25, 0.3) is 0 Å². The van der Waals surface area contributed by atoms with E-state index in [1.165, 1.54) is 0 Å². The first-order chi connectivity index (χ1) is 13.1. The van der Waals surface area contributed by atoms with Gasteiger partial charge in [0.15, 0.2) is 11.5 Å². The molecule has 0 atom stereocenters. The molecule has 7 nitrogen and oxygen atoms in total. The largest absolute Gasteiger partial charge is 0.493 e. The molecular weight excluding hydrogens is 389 g/mol. The van der Waals surface area contributed by atoms with Crippen LogP contribution in [0.5, 0.6) is 11.5 Å². The number of aryl methyl sites for hydroxylation is 1. The Bertz CT molecular complexity index is 917. The summed E-state index contributed by atoms with van der Waals surface area (Å²) in [6, 6.07) is 11.1. The summed E-state index contributed by atoms with van der Waals surface area (Å²) in [6.45, 7) is 3.39. The molecule has 0 saturated carbocycles. The predicted octanol–water partition coefficient (Wildman–Crippen LogP) is 4.20. The maximum Gasteiger partial charge on any atom is 0.243 e. The Balaban J connectivity index is 1.73. The maximum atomic E-state index is 6.43. The van der Waals surface area contributed by atoms with Crippen LogP contribution < -0.4 is 14.8 Å². The normalized spacial score (nSPS) is 10.7. The number of hydrogen-bond donors (Lipinski definition) is 1. The van der Waals surface area contributed by atoms with Crippen LogP contribution in [-0.4, -0.2) is 27.3 Å². The van der Waals surface area contributed by atoms with Crippen molar-refractivity contribution in [3.8, 4) is 11.5 Å². The molecule has 0 aliphatic carbocycles. The van der Waals surface area contributed by atoms with Crippen LogP contribution in [0.2, 0.25) is 10.0 Å². The molecule has 0 aliphatic rings. The third kappa shape index (κ3) is 4.61. The quantitative estimate of drug-likeness (QED) is 0.602. The first-order valence-electron chi connectivity index (χ1n) is 8.35. The zero-order valence-electron chi connectivity index (χ0n) is 14.9. The minimum Gasteiger partial charge on any atom is -0.493 e. The average Bonchev–Trinajstić information content (AvgIpc) is 3.14. The van der Waals surface area contributed by atoms with Crippen LogP contribution >= 0.6 is 23.2 Å². The van der Waals surface area contributed by atoms with Crippen molar-refractivity contribution in [1.29, 1.82) is 0 Å². The van der Waals surface area contributed by atoms with Crippen molar-refractivity contribution < 1.29 is 9.47 Å². The first kappa shape index (κ1) is 19.3. The summed E-state index contributed by atoms with van der Waals surface area (Å²) in [7, 11) is 1.58. The Hall–Kier alpha value is -2.51. The number of halogens is 2. The fourth-order valence-electron chi connectivity index (χ4n) is 2.47. The van der Waals surface area contributed by atoms with Gasteiger partial charge in [-0.2, -0.15) is 0 Å². The minimum atomic E-state index is 0.315. The molecule has 0 spiro atoms. The Morgan fingerprint density at radius 1 is 1.07 bits per heavy atom. The molecule has 0 unspecified atom stereocenters. The van der Waals surface area contributed by atoms with Gasteiger partial charge in [-0.3, -0.25) is 0 Å². The second-order valence-electron chi connectivity index (χ2n) is 5.65. The molecule has 1 heterocycles. The highest BCUT2D eigenvalue weighted by Gasteiger charge is 2.13. The van der Waals surface area contributed by atoms with E-state index in [0.29, 0.717) is 47.2 Å². The number of aromatic nitrogens is 4. The second kappa shape index (κ2) is 8.92. The Labute approximate surface area is 167 Å². The first-order valence-corrected chi connectivity index (χ1v) is 9.10. The lowest BCUT2D eigenvalue weighted by Gasteiger charge is -2.15. The maximum absolute atomic E-state index is 6.43. The monoisotopic (exact) mass is 407 g/mol. The molecule has 1 N–H and O–H groups in total. The van der Waals surface area contributed by atoms with Gasteiger partial charge in [0, 0.05) is 34.8 Å². The smallest absolute Gasteiger partial charge is 0.243 e. The van der Waals surface area contributed by atoms with E-state index in [1.807, 2.05) is 37.3 Å². The van der Waals surface area contributed by atoms with Gasteiger partial charge >= 0.3 is 0 Å². The Kier molecular flexibility index (Phi) is 6.36. The fourth-order valence-corrected chi connectivity index (χ4v) is 2.89. The number of nitrogens with one attached hydrogen (secondary N) is 1. The van der Waals surface area contributed by atoms with Crippen molar-refractivity contribution in [2.75, 3.05) is 12.4 Å². The van der Waals surface area contributed by atoms with Crippen LogP contribution in [0.3, 0.4) is 0 Å². The molecule has 0 saturated heterocycles. The fraction of sp³-hybridized carbons (Fsp3) is 0.278. The van der Waals surface area contributed by atoms with E-state index in [9.17, 15) is 0 Å². The molecule has 9 heteroatoms. The van der Waals surface area contributed by atoms with Crippen molar-refractivity contribution >= 4 is 29.2 Å². The van der Waals surface area contributed by atoms with Crippen molar-refractivity contribution in [3.63, 3.8) is 0 Å². The van der Waals surface area contributed by atoms with Gasteiger partial charge in [0.2, 0.25) is 5.95 Å². The van der Waals surface area contributed by atoms with Crippen molar-refractivity contribution in [2.45, 2.75) is 26.6 Å². The van der Waals surface area contributed by atoms with E-state index in [2.05, 4.69) is 20.8 Å². The summed E-state index contributed by atoms with van der Waals surface area (Å²) in [4.78, 5) is 0. The minimum absolute atomic E-state index is 0.315. The molecule has 142 valence electrons. The molecule has 0 amide bonds. The van der Waals surface area contributed by atoms with Crippen LogP contribution in [0, 0.1) is 0 Å². The van der Waals surface area contributed by atoms with E-state index in [1.54, 1.807) is 17.9 Å². The van der Waals surface area contributed by atoms with Crippen LogP contribution in [-0.2, 0) is 19.7 Å². The number of ether oxygens (including phenoxy) is 2. The molecule has 0 radical (unpaired) electrons. The molecule has 0 fully saturated rings. The van der Waals surface area contributed by atoms with E-state index < -0.39 is 0 Å². The van der Waals surface area contributed by atoms with Gasteiger partial charge in [0.25, 0.3) is 0 Å². The topological polar surface area (TPSA) is 74.1 Å². The van der Waals surface area contributed by atoms with Gasteiger partial charge in [-0.25, -0.2) is 4.68 Å². The van der Waals surface area contributed by atoms with Gasteiger partial charge in [0.05, 0.1) is 7.11 Å². The van der Waals surface area contributed by atoms with Gasteiger partial charge in [0.1, 0.15) is 6.61 Å². The number of anilines is 1. The molecule has 0 bridgehead atoms. The average molecular weight is 408 g/mol. The Morgan fingerprint density at radius 2 is 1.89 bits per heavy atom. The zero-order chi connectivity index (χ0) is 19.2. The summed E-state index contributed by atoms with van der Waals surface area (Å²) >= 11 is 12.6. The number of hydrogen-bond acceptors (Lipinski definition) is 6. The lowest BCUT2D eigenvalue weighted by Crippen LogP contribution is -2.08. The van der Waals surface area contributed by atoms with Crippen molar-refractivity contribution in [2.24, 2.45) is 0 Å². The second-order valence-corrected chi connectivity index (χ2v) is 6.46. The van der Waals surface area contributed by atoms with Crippen molar-refractivity contribution in [3.05, 3.63) is 57.6 Å². The summed E-state index contributed by atoms with van der Waals surface area (Å²) in [5.41, 5.74) is 1.72. The van der Waals surface area contributed by atoms with Crippen LogP contribution in [0.15, 0.2) is 36.4 Å².